The zero-order valence-electron chi connectivity index (χ0n) is 40.8. The Labute approximate surface area is 419 Å². The third kappa shape index (κ3) is 9.05. The number of Topliss-reactive ketones (excluding diaryl/α,β-unsaturated/α-hetero) is 1. The summed E-state index contributed by atoms with van der Waals surface area (Å²) in [6.45, 7) is 8.06. The molecule has 2 aliphatic rings. The van der Waals surface area contributed by atoms with Crippen molar-refractivity contribution in [3.63, 3.8) is 0 Å². The predicted molar refractivity (Wildman–Crippen MR) is 274 cm³/mol. The minimum absolute atomic E-state index is 0.0243. The van der Waals surface area contributed by atoms with E-state index in [1.807, 2.05) is 86.7 Å². The van der Waals surface area contributed by atoms with Crippen molar-refractivity contribution in [2.45, 2.75) is 89.1 Å². The van der Waals surface area contributed by atoms with E-state index in [1.165, 1.54) is 0 Å². The number of fused-ring (bicyclic) bond motifs is 2. The van der Waals surface area contributed by atoms with Gasteiger partial charge in [0, 0.05) is 45.4 Å². The molecule has 0 saturated heterocycles. The van der Waals surface area contributed by atoms with Gasteiger partial charge < -0.3 is 28.8 Å². The lowest BCUT2D eigenvalue weighted by Gasteiger charge is -2.33. The highest BCUT2D eigenvalue weighted by Gasteiger charge is 2.50. The number of allylic oxidation sites excluding steroid dienone is 1. The second-order valence-corrected chi connectivity index (χ2v) is 18.2. The van der Waals surface area contributed by atoms with Gasteiger partial charge >= 0.3 is 17.9 Å². The van der Waals surface area contributed by atoms with Gasteiger partial charge in [0.2, 0.25) is 5.78 Å². The number of hydrogen-bond acceptors (Lipinski definition) is 10. The van der Waals surface area contributed by atoms with Gasteiger partial charge in [-0.25, -0.2) is 14.4 Å². The normalized spacial score (nSPS) is 18.1. The number of phenols is 1. The van der Waals surface area contributed by atoms with Crippen LogP contribution in [0, 0.1) is 0 Å². The molecule has 10 nitrogen and oxygen atoms in total. The summed E-state index contributed by atoms with van der Waals surface area (Å²) in [5.41, 5.74) is 1.89. The third-order valence-electron chi connectivity index (χ3n) is 13.8. The highest BCUT2D eigenvalue weighted by atomic mass is 16.6. The summed E-state index contributed by atoms with van der Waals surface area (Å²) in [6.07, 6.45) is 8.16. The average molecular weight is 961 g/mol. The molecule has 0 bridgehead atoms. The Morgan fingerprint density at radius 1 is 0.611 bits per heavy atom. The van der Waals surface area contributed by atoms with E-state index in [9.17, 15) is 24.3 Å². The summed E-state index contributed by atoms with van der Waals surface area (Å²) in [6, 6.07) is 49.3. The SMILES string of the molecule is C/C=C/CC(CC)Oc1ccc(C2(c3ccc(OC(=O)c4ccc(C(=O)C(CC)(CCCC)Oc5ccc(C6(c7ccc(O)cc7)OC(=O)c7ccccc76)cc5)cc4)cc3)OC(=O)c3ccccc32)cc1. The van der Waals surface area contributed by atoms with Gasteiger partial charge in [-0.3, -0.25) is 4.79 Å². The Morgan fingerprint density at radius 2 is 1.08 bits per heavy atom. The van der Waals surface area contributed by atoms with Gasteiger partial charge in [0.05, 0.1) is 16.7 Å². The van der Waals surface area contributed by atoms with Crippen molar-refractivity contribution in [3.05, 3.63) is 238 Å². The molecule has 0 aromatic heterocycles. The van der Waals surface area contributed by atoms with Crippen LogP contribution in [0.2, 0.25) is 0 Å². The molecule has 0 fully saturated rings. The summed E-state index contributed by atoms with van der Waals surface area (Å²) < 4.78 is 31.4. The quantitative estimate of drug-likeness (QED) is 0.0361. The highest BCUT2D eigenvalue weighted by Crippen LogP contribution is 2.49. The molecule has 0 amide bonds. The number of unbranched alkanes of at least 4 members (excludes halogenated alkanes) is 1. The van der Waals surface area contributed by atoms with E-state index in [2.05, 4.69) is 19.9 Å². The number of aromatic hydroxyl groups is 1. The van der Waals surface area contributed by atoms with E-state index in [0.717, 1.165) is 31.2 Å². The van der Waals surface area contributed by atoms with E-state index in [0.29, 0.717) is 68.8 Å². The lowest BCUT2D eigenvalue weighted by molar-refractivity contribution is 0.0241. The Hall–Kier alpha value is -8.24. The monoisotopic (exact) mass is 960 g/mol. The van der Waals surface area contributed by atoms with Gasteiger partial charge in [-0.2, -0.15) is 0 Å². The molecule has 0 spiro atoms. The van der Waals surface area contributed by atoms with Crippen LogP contribution in [-0.4, -0.2) is 40.5 Å². The summed E-state index contributed by atoms with van der Waals surface area (Å²) in [5.74, 6) is -0.204. The second-order valence-electron chi connectivity index (χ2n) is 18.2. The minimum Gasteiger partial charge on any atom is -0.508 e. The van der Waals surface area contributed by atoms with Crippen LogP contribution in [0.1, 0.15) is 141 Å². The van der Waals surface area contributed by atoms with Crippen LogP contribution in [0.25, 0.3) is 0 Å². The molecule has 2 aliphatic heterocycles. The van der Waals surface area contributed by atoms with Crippen LogP contribution in [0.15, 0.2) is 182 Å². The fourth-order valence-electron chi connectivity index (χ4n) is 9.88. The van der Waals surface area contributed by atoms with Gasteiger partial charge in [0.15, 0.2) is 16.8 Å². The molecule has 0 radical (unpaired) electrons. The topological polar surface area (TPSA) is 135 Å². The molecule has 0 saturated carbocycles. The van der Waals surface area contributed by atoms with Crippen molar-refractivity contribution >= 4 is 23.7 Å². The average Bonchev–Trinajstić information content (AvgIpc) is 3.90. The molecule has 364 valence electrons. The Kier molecular flexibility index (Phi) is 14.0. The Morgan fingerprint density at radius 3 is 1.57 bits per heavy atom. The summed E-state index contributed by atoms with van der Waals surface area (Å²) >= 11 is 0. The molecule has 7 aromatic rings. The Balaban J connectivity index is 0.927. The maximum Gasteiger partial charge on any atom is 0.343 e. The van der Waals surface area contributed by atoms with E-state index in [-0.39, 0.29) is 28.9 Å². The standard InChI is InChI=1S/C62H56O10/c1-5-9-15-48(7-3)68-49-34-26-44(27-35-49)62(55-19-14-12-17-53(55)59(67)72-62)45-28-36-50(37-29-45)69-57(65)42-22-20-41(21-23-42)56(64)60(8-4,40-10-6-2)70-51-38-30-46(31-39-51)61(43-24-32-47(63)33-25-43)54-18-13-11-16-52(54)58(66)71-61/h5,9,11-14,16-39,48,63H,6-8,10,15,40H2,1-4H3/b9-5+. The Bertz CT molecular complexity index is 3120. The van der Waals surface area contributed by atoms with E-state index < -0.39 is 34.7 Å². The van der Waals surface area contributed by atoms with Crippen LogP contribution >= 0.6 is 0 Å². The largest absolute Gasteiger partial charge is 0.508 e. The lowest BCUT2D eigenvalue weighted by Crippen LogP contribution is -2.44. The smallest absolute Gasteiger partial charge is 0.343 e. The zero-order valence-corrected chi connectivity index (χ0v) is 40.8. The summed E-state index contributed by atoms with van der Waals surface area (Å²) in [7, 11) is 0. The van der Waals surface area contributed by atoms with Crippen LogP contribution in [-0.2, 0) is 20.7 Å². The summed E-state index contributed by atoms with van der Waals surface area (Å²) in [5, 5.41) is 10.1. The fraction of sp³-hybridized carbons (Fsp3) is 0.226. The molecule has 7 aromatic carbocycles. The molecule has 72 heavy (non-hydrogen) atoms. The van der Waals surface area contributed by atoms with Crippen molar-refractivity contribution in [1.82, 2.24) is 0 Å². The molecule has 4 unspecified atom stereocenters. The number of ether oxygens (including phenoxy) is 5. The molecule has 4 atom stereocenters. The molecular formula is C62H56O10. The number of carbonyl (C=O) groups excluding carboxylic acids is 4. The molecule has 9 rings (SSSR count). The van der Waals surface area contributed by atoms with Crippen LogP contribution in [0.3, 0.4) is 0 Å². The van der Waals surface area contributed by atoms with Gasteiger partial charge in [-0.15, -0.1) is 0 Å². The minimum atomic E-state index is -1.28. The first-order valence-electron chi connectivity index (χ1n) is 24.6. The third-order valence-corrected chi connectivity index (χ3v) is 13.8. The fourth-order valence-corrected chi connectivity index (χ4v) is 9.88. The maximum atomic E-state index is 14.6. The first-order chi connectivity index (χ1) is 35.0. The first-order valence-corrected chi connectivity index (χ1v) is 24.6. The van der Waals surface area contributed by atoms with E-state index in [1.54, 1.807) is 103 Å². The van der Waals surface area contributed by atoms with Gasteiger partial charge in [-0.05, 0) is 105 Å². The van der Waals surface area contributed by atoms with Crippen LogP contribution in [0.4, 0.5) is 0 Å². The second kappa shape index (κ2) is 20.6. The molecule has 1 N–H and O–H groups in total. The van der Waals surface area contributed by atoms with Crippen LogP contribution in [0.5, 0.6) is 23.0 Å². The predicted octanol–water partition coefficient (Wildman–Crippen LogP) is 13.3. The number of esters is 3. The zero-order chi connectivity index (χ0) is 50.5. The number of phenolic OH excluding ortho intramolecular Hbond substituents is 1. The van der Waals surface area contributed by atoms with E-state index in [4.69, 9.17) is 23.7 Å². The van der Waals surface area contributed by atoms with Crippen molar-refractivity contribution in [1.29, 1.82) is 0 Å². The van der Waals surface area contributed by atoms with E-state index >= 15 is 0 Å². The number of ketones is 1. The molecular weight excluding hydrogens is 905 g/mol. The van der Waals surface area contributed by atoms with Gasteiger partial charge in [0.1, 0.15) is 29.1 Å². The number of hydrogen-bond donors (Lipinski definition) is 1. The van der Waals surface area contributed by atoms with Gasteiger partial charge in [-0.1, -0.05) is 136 Å². The summed E-state index contributed by atoms with van der Waals surface area (Å²) in [4.78, 5) is 54.9. The van der Waals surface area contributed by atoms with Gasteiger partial charge in [0.25, 0.3) is 0 Å². The van der Waals surface area contributed by atoms with Crippen molar-refractivity contribution < 1.29 is 48.0 Å². The van der Waals surface area contributed by atoms with Crippen molar-refractivity contribution in [2.75, 3.05) is 0 Å². The number of rotatable bonds is 19. The first kappa shape index (κ1) is 48.8. The number of carbonyl (C=O) groups is 4. The number of benzene rings is 7. The van der Waals surface area contributed by atoms with Crippen LogP contribution < -0.4 is 14.2 Å². The maximum absolute atomic E-state index is 14.6. The molecule has 0 aliphatic carbocycles. The lowest BCUT2D eigenvalue weighted by atomic mass is 9.80. The van der Waals surface area contributed by atoms with Crippen molar-refractivity contribution in [2.24, 2.45) is 0 Å². The molecule has 10 heteroatoms. The molecule has 2 heterocycles. The highest BCUT2D eigenvalue weighted by molar-refractivity contribution is 6.03. The van der Waals surface area contributed by atoms with Crippen molar-refractivity contribution in [3.8, 4) is 23.0 Å². The number of cyclic esters (lactones) is 2.